The number of aromatic nitrogens is 2. The monoisotopic (exact) mass is 494 g/mol. The van der Waals surface area contributed by atoms with Crippen molar-refractivity contribution < 1.29 is 23.8 Å². The fourth-order valence-electron chi connectivity index (χ4n) is 3.97. The number of ether oxygens (including phenoxy) is 3. The summed E-state index contributed by atoms with van der Waals surface area (Å²) in [6, 6.07) is 12.9. The maximum atomic E-state index is 12.6. The highest BCUT2D eigenvalue weighted by atomic mass is 16.5. The van der Waals surface area contributed by atoms with Crippen molar-refractivity contribution in [1.29, 1.82) is 0 Å². The van der Waals surface area contributed by atoms with Gasteiger partial charge in [0.2, 0.25) is 11.9 Å². The predicted molar refractivity (Wildman–Crippen MR) is 135 cm³/mol. The Kier molecular flexibility index (Phi) is 7.89. The maximum Gasteiger partial charge on any atom is 0.407 e. The number of benzene rings is 2. The van der Waals surface area contributed by atoms with Crippen LogP contribution in [0.2, 0.25) is 0 Å². The van der Waals surface area contributed by atoms with Crippen LogP contribution >= 0.6 is 0 Å². The number of alkyl carbamates (subject to hydrolysis) is 1. The minimum atomic E-state index is -0.545. The van der Waals surface area contributed by atoms with Crippen LogP contribution < -0.4 is 25.4 Å². The van der Waals surface area contributed by atoms with Gasteiger partial charge in [0.25, 0.3) is 0 Å². The lowest BCUT2D eigenvalue weighted by atomic mass is 10.2. The van der Waals surface area contributed by atoms with Crippen molar-refractivity contribution in [2.45, 2.75) is 13.0 Å². The molecule has 0 spiro atoms. The number of fused-ring (bicyclic) bond motifs is 1. The number of amides is 2. The Balaban J connectivity index is 1.26. The Hall–Kier alpha value is -4.28. The van der Waals surface area contributed by atoms with Gasteiger partial charge in [0, 0.05) is 50.6 Å². The van der Waals surface area contributed by atoms with Gasteiger partial charge >= 0.3 is 6.09 Å². The molecule has 3 aromatic rings. The summed E-state index contributed by atoms with van der Waals surface area (Å²) >= 11 is 0. The molecule has 0 radical (unpaired) electrons. The average Bonchev–Trinajstić information content (AvgIpc) is 2.91. The fraction of sp³-hybridized carbons (Fsp3) is 0.360. The molecule has 190 valence electrons. The van der Waals surface area contributed by atoms with Crippen LogP contribution in [0.1, 0.15) is 12.0 Å². The lowest BCUT2D eigenvalue weighted by molar-refractivity contribution is -0.131. The highest BCUT2D eigenvalue weighted by Crippen LogP contribution is 2.34. The van der Waals surface area contributed by atoms with Crippen molar-refractivity contribution in [2.24, 2.45) is 0 Å². The molecule has 1 fully saturated rings. The second-order valence-electron chi connectivity index (χ2n) is 8.24. The van der Waals surface area contributed by atoms with E-state index in [1.54, 1.807) is 31.3 Å². The van der Waals surface area contributed by atoms with Crippen molar-refractivity contribution in [1.82, 2.24) is 20.2 Å². The van der Waals surface area contributed by atoms with Crippen LogP contribution in [0.3, 0.4) is 0 Å². The molecule has 2 amide bonds. The van der Waals surface area contributed by atoms with E-state index in [0.29, 0.717) is 60.3 Å². The van der Waals surface area contributed by atoms with Crippen molar-refractivity contribution in [3.8, 4) is 11.5 Å². The Morgan fingerprint density at radius 3 is 2.39 bits per heavy atom. The number of carbonyl (C=O) groups is 2. The molecule has 0 bridgehead atoms. The van der Waals surface area contributed by atoms with E-state index >= 15 is 0 Å². The van der Waals surface area contributed by atoms with E-state index in [1.165, 1.54) is 0 Å². The van der Waals surface area contributed by atoms with Crippen molar-refractivity contribution in [3.63, 3.8) is 0 Å². The lowest BCUT2D eigenvalue weighted by Crippen LogP contribution is -2.49. The van der Waals surface area contributed by atoms with Gasteiger partial charge in [0.15, 0.2) is 11.5 Å². The van der Waals surface area contributed by atoms with E-state index in [0.717, 1.165) is 5.56 Å². The van der Waals surface area contributed by atoms with Gasteiger partial charge in [-0.2, -0.15) is 4.98 Å². The molecule has 1 aliphatic rings. The number of nitrogens with two attached hydrogens (primary N) is 1. The largest absolute Gasteiger partial charge is 0.493 e. The maximum absolute atomic E-state index is 12.6. The molecule has 0 atom stereocenters. The normalized spacial score (nSPS) is 13.4. The minimum Gasteiger partial charge on any atom is -0.493 e. The summed E-state index contributed by atoms with van der Waals surface area (Å²) in [6.45, 7) is 2.56. The van der Waals surface area contributed by atoms with Crippen LogP contribution in [0.4, 0.5) is 16.6 Å². The third-order valence-corrected chi connectivity index (χ3v) is 5.95. The standard InChI is InChI=1S/C25H30N6O5/c1-34-20-14-18-19(15-21(20)35-2)28-24(29-23(18)26)31-12-10-30(11-13-31)22(32)8-9-27-25(33)36-16-17-6-4-3-5-7-17/h3-7,14-15H,8-13,16H2,1-2H3,(H,27,33)(H2,26,28,29). The average molecular weight is 495 g/mol. The molecule has 3 N–H and O–H groups in total. The van der Waals surface area contributed by atoms with Crippen LogP contribution in [0, 0.1) is 0 Å². The Labute approximate surface area is 209 Å². The van der Waals surface area contributed by atoms with Crippen molar-refractivity contribution in [2.75, 3.05) is 57.6 Å². The fourth-order valence-corrected chi connectivity index (χ4v) is 3.97. The molecular weight excluding hydrogens is 464 g/mol. The van der Waals surface area contributed by atoms with Gasteiger partial charge in [-0.1, -0.05) is 30.3 Å². The number of hydrogen-bond acceptors (Lipinski definition) is 9. The number of rotatable bonds is 8. The second-order valence-corrected chi connectivity index (χ2v) is 8.24. The first kappa shape index (κ1) is 24.8. The van der Waals surface area contributed by atoms with Crippen LogP contribution in [-0.2, 0) is 16.1 Å². The molecular formula is C25H30N6O5. The van der Waals surface area contributed by atoms with Crippen LogP contribution in [0.15, 0.2) is 42.5 Å². The molecule has 0 aliphatic carbocycles. The summed E-state index contributed by atoms with van der Waals surface area (Å²) < 4.78 is 15.9. The molecule has 1 aromatic heterocycles. The first-order valence-electron chi connectivity index (χ1n) is 11.6. The van der Waals surface area contributed by atoms with E-state index in [1.807, 2.05) is 35.2 Å². The SMILES string of the molecule is COc1cc2nc(N3CCN(C(=O)CCNC(=O)OCc4ccccc4)CC3)nc(N)c2cc1OC. The van der Waals surface area contributed by atoms with Gasteiger partial charge in [0.05, 0.1) is 19.7 Å². The summed E-state index contributed by atoms with van der Waals surface area (Å²) in [6.07, 6.45) is -0.349. The van der Waals surface area contributed by atoms with Crippen LogP contribution in [-0.4, -0.2) is 73.8 Å². The topological polar surface area (TPSA) is 132 Å². The van der Waals surface area contributed by atoms with Crippen molar-refractivity contribution in [3.05, 3.63) is 48.0 Å². The first-order chi connectivity index (χ1) is 17.5. The summed E-state index contributed by atoms with van der Waals surface area (Å²) in [7, 11) is 3.12. The number of methoxy groups -OCH3 is 2. The van der Waals surface area contributed by atoms with Gasteiger partial charge in [-0.15, -0.1) is 0 Å². The predicted octanol–water partition coefficient (Wildman–Crippen LogP) is 2.19. The number of nitrogen functional groups attached to an aromatic ring is 1. The third-order valence-electron chi connectivity index (χ3n) is 5.95. The van der Waals surface area contributed by atoms with E-state index in [4.69, 9.17) is 19.9 Å². The third kappa shape index (κ3) is 5.85. The highest BCUT2D eigenvalue weighted by molar-refractivity contribution is 5.91. The molecule has 1 saturated heterocycles. The Bertz CT molecular complexity index is 1210. The second kappa shape index (κ2) is 11.4. The van der Waals surface area contributed by atoms with Gasteiger partial charge in [-0.25, -0.2) is 9.78 Å². The summed E-state index contributed by atoms with van der Waals surface area (Å²) in [4.78, 5) is 37.4. The molecule has 0 saturated carbocycles. The van der Waals surface area contributed by atoms with E-state index in [2.05, 4.69) is 15.3 Å². The molecule has 36 heavy (non-hydrogen) atoms. The Morgan fingerprint density at radius 1 is 1.00 bits per heavy atom. The number of anilines is 2. The van der Waals surface area contributed by atoms with Crippen LogP contribution in [0.5, 0.6) is 11.5 Å². The smallest absolute Gasteiger partial charge is 0.407 e. The molecule has 2 heterocycles. The van der Waals surface area contributed by atoms with E-state index in [9.17, 15) is 9.59 Å². The van der Waals surface area contributed by atoms with E-state index < -0.39 is 6.09 Å². The number of nitrogens with zero attached hydrogens (tertiary/aromatic N) is 4. The molecule has 4 rings (SSSR count). The zero-order chi connectivity index (χ0) is 25.5. The zero-order valence-electron chi connectivity index (χ0n) is 20.4. The van der Waals surface area contributed by atoms with Gasteiger partial charge < -0.3 is 35.1 Å². The van der Waals surface area contributed by atoms with Crippen LogP contribution in [0.25, 0.3) is 10.9 Å². The summed E-state index contributed by atoms with van der Waals surface area (Å²) in [5.41, 5.74) is 7.76. The molecule has 11 heteroatoms. The van der Waals surface area contributed by atoms with Gasteiger partial charge in [0.1, 0.15) is 12.4 Å². The molecule has 1 aliphatic heterocycles. The molecule has 0 unspecified atom stereocenters. The summed E-state index contributed by atoms with van der Waals surface area (Å²) in [5.74, 6) is 1.93. The lowest BCUT2D eigenvalue weighted by Gasteiger charge is -2.35. The van der Waals surface area contributed by atoms with Gasteiger partial charge in [-0.3, -0.25) is 4.79 Å². The number of nitrogens with one attached hydrogen (secondary N) is 1. The van der Waals surface area contributed by atoms with Gasteiger partial charge in [-0.05, 0) is 11.6 Å². The first-order valence-corrected chi connectivity index (χ1v) is 11.6. The number of piperazine rings is 1. The van der Waals surface area contributed by atoms with E-state index in [-0.39, 0.29) is 25.5 Å². The number of hydrogen-bond donors (Lipinski definition) is 2. The quantitative estimate of drug-likeness (QED) is 0.484. The molecule has 11 nitrogen and oxygen atoms in total. The molecule has 2 aromatic carbocycles. The minimum absolute atomic E-state index is 0.0335. The van der Waals surface area contributed by atoms with Crippen molar-refractivity contribution >= 4 is 34.7 Å². The summed E-state index contributed by atoms with van der Waals surface area (Å²) in [5, 5.41) is 3.31. The Morgan fingerprint density at radius 2 is 1.69 bits per heavy atom. The number of carbonyl (C=O) groups excluding carboxylic acids is 2. The zero-order valence-corrected chi connectivity index (χ0v) is 20.4. The highest BCUT2D eigenvalue weighted by Gasteiger charge is 2.23.